The Morgan fingerprint density at radius 2 is 1.81 bits per heavy atom. The summed E-state index contributed by atoms with van der Waals surface area (Å²) in [7, 11) is -2.19. The third kappa shape index (κ3) is 4.94. The van der Waals surface area contributed by atoms with Crippen LogP contribution in [-0.2, 0) is 21.4 Å². The largest absolute Gasteiger partial charge is 0.496 e. The number of ether oxygens (including phenoxy) is 3. The van der Waals surface area contributed by atoms with Crippen LogP contribution >= 0.6 is 0 Å². The number of hydrogen-bond acceptors (Lipinski definition) is 6. The molecule has 2 aliphatic rings. The molecule has 0 aromatic heterocycles. The Labute approximate surface area is 182 Å². The van der Waals surface area contributed by atoms with Gasteiger partial charge in [0.05, 0.1) is 31.8 Å². The van der Waals surface area contributed by atoms with Crippen LogP contribution in [0.3, 0.4) is 0 Å². The highest BCUT2D eigenvalue weighted by atomic mass is 32.2. The number of methoxy groups -OCH3 is 1. The van der Waals surface area contributed by atoms with E-state index in [-0.39, 0.29) is 29.9 Å². The molecule has 0 saturated heterocycles. The molecule has 4 rings (SSSR count). The van der Waals surface area contributed by atoms with Crippen LogP contribution in [0.1, 0.15) is 24.8 Å². The summed E-state index contributed by atoms with van der Waals surface area (Å²) in [6.07, 6.45) is 2.31. The van der Waals surface area contributed by atoms with Crippen molar-refractivity contribution in [3.8, 4) is 17.2 Å². The summed E-state index contributed by atoms with van der Waals surface area (Å²) in [5.41, 5.74) is 0.726. The molecule has 166 valence electrons. The Hall–Kier alpha value is -2.78. The standard InChI is InChI=1S/C22H26N2O6S/c1-28-19-13-21-20(29-10-5-11-30-21)12-16(19)14-23-22(25)15-24(17-8-9-17)31(26,27)18-6-3-2-4-7-18/h2-4,6-7,12-13,17H,5,8-11,14-15H2,1H3,(H,23,25). The van der Waals surface area contributed by atoms with Crippen molar-refractivity contribution in [3.63, 3.8) is 0 Å². The van der Waals surface area contributed by atoms with E-state index in [0.717, 1.165) is 24.8 Å². The maximum Gasteiger partial charge on any atom is 0.243 e. The normalized spacial score (nSPS) is 15.9. The molecule has 31 heavy (non-hydrogen) atoms. The number of carbonyl (C=O) groups is 1. The third-order valence-corrected chi connectivity index (χ3v) is 7.14. The lowest BCUT2D eigenvalue weighted by Crippen LogP contribution is -2.41. The zero-order chi connectivity index (χ0) is 21.8. The molecule has 1 aliphatic carbocycles. The van der Waals surface area contributed by atoms with Crippen LogP contribution in [-0.4, -0.2) is 51.5 Å². The summed E-state index contributed by atoms with van der Waals surface area (Å²) in [6, 6.07) is 11.6. The van der Waals surface area contributed by atoms with Gasteiger partial charge in [-0.3, -0.25) is 4.79 Å². The molecular formula is C22H26N2O6S. The molecule has 9 heteroatoms. The zero-order valence-corrected chi connectivity index (χ0v) is 18.2. The Morgan fingerprint density at radius 1 is 1.13 bits per heavy atom. The van der Waals surface area contributed by atoms with E-state index in [0.29, 0.717) is 30.5 Å². The van der Waals surface area contributed by atoms with E-state index in [4.69, 9.17) is 14.2 Å². The van der Waals surface area contributed by atoms with Crippen LogP contribution < -0.4 is 19.5 Å². The summed E-state index contributed by atoms with van der Waals surface area (Å²) < 4.78 is 44.1. The lowest BCUT2D eigenvalue weighted by Gasteiger charge is -2.21. The number of rotatable bonds is 8. The van der Waals surface area contributed by atoms with Gasteiger partial charge in [0, 0.05) is 30.6 Å². The van der Waals surface area contributed by atoms with Crippen LogP contribution in [0.4, 0.5) is 0 Å². The number of fused-ring (bicyclic) bond motifs is 1. The lowest BCUT2D eigenvalue weighted by molar-refractivity contribution is -0.121. The summed E-state index contributed by atoms with van der Waals surface area (Å²) in [6.45, 7) is 1.08. The van der Waals surface area contributed by atoms with Gasteiger partial charge < -0.3 is 19.5 Å². The van der Waals surface area contributed by atoms with Crippen molar-refractivity contribution >= 4 is 15.9 Å². The number of amides is 1. The second-order valence-electron chi connectivity index (χ2n) is 7.53. The predicted octanol–water partition coefficient (Wildman–Crippen LogP) is 2.33. The molecule has 0 radical (unpaired) electrons. The van der Waals surface area contributed by atoms with Gasteiger partial charge in [-0.15, -0.1) is 0 Å². The van der Waals surface area contributed by atoms with Crippen molar-refractivity contribution in [3.05, 3.63) is 48.0 Å². The number of hydrogen-bond donors (Lipinski definition) is 1. The van der Waals surface area contributed by atoms with E-state index in [1.54, 1.807) is 49.6 Å². The highest BCUT2D eigenvalue weighted by molar-refractivity contribution is 7.89. The average Bonchev–Trinajstić information content (AvgIpc) is 3.63. The first kappa shape index (κ1) is 21.5. The minimum atomic E-state index is -3.73. The van der Waals surface area contributed by atoms with E-state index in [1.165, 1.54) is 4.31 Å². The van der Waals surface area contributed by atoms with Gasteiger partial charge in [-0.25, -0.2) is 8.42 Å². The highest BCUT2D eigenvalue weighted by Gasteiger charge is 2.39. The molecule has 0 spiro atoms. The van der Waals surface area contributed by atoms with Crippen LogP contribution in [0.15, 0.2) is 47.4 Å². The fourth-order valence-electron chi connectivity index (χ4n) is 3.45. The fourth-order valence-corrected chi connectivity index (χ4v) is 5.11. The maximum atomic E-state index is 13.0. The molecule has 2 aromatic carbocycles. The Balaban J connectivity index is 1.45. The smallest absolute Gasteiger partial charge is 0.243 e. The third-order valence-electron chi connectivity index (χ3n) is 5.23. The molecule has 8 nitrogen and oxygen atoms in total. The number of nitrogens with zero attached hydrogens (tertiary/aromatic N) is 1. The van der Waals surface area contributed by atoms with Crippen LogP contribution in [0.25, 0.3) is 0 Å². The van der Waals surface area contributed by atoms with Gasteiger partial charge >= 0.3 is 0 Å². The molecular weight excluding hydrogens is 420 g/mol. The van der Waals surface area contributed by atoms with Gasteiger partial charge in [-0.2, -0.15) is 4.31 Å². The number of benzene rings is 2. The maximum absolute atomic E-state index is 13.0. The Bertz CT molecular complexity index is 1040. The molecule has 0 bridgehead atoms. The van der Waals surface area contributed by atoms with Crippen LogP contribution in [0.5, 0.6) is 17.2 Å². The first-order valence-electron chi connectivity index (χ1n) is 10.3. The second kappa shape index (κ2) is 9.15. The molecule has 1 saturated carbocycles. The topological polar surface area (TPSA) is 94.2 Å². The Kier molecular flexibility index (Phi) is 6.33. The lowest BCUT2D eigenvalue weighted by atomic mass is 10.1. The minimum absolute atomic E-state index is 0.136. The van der Waals surface area contributed by atoms with Crippen molar-refractivity contribution in [2.45, 2.75) is 36.7 Å². The van der Waals surface area contributed by atoms with E-state index >= 15 is 0 Å². The van der Waals surface area contributed by atoms with Gasteiger partial charge in [0.25, 0.3) is 0 Å². The minimum Gasteiger partial charge on any atom is -0.496 e. The summed E-state index contributed by atoms with van der Waals surface area (Å²) in [5.74, 6) is 1.41. The van der Waals surface area contributed by atoms with Gasteiger partial charge in [0.15, 0.2) is 11.5 Å². The molecule has 1 amide bonds. The molecule has 1 heterocycles. The van der Waals surface area contributed by atoms with Crippen molar-refractivity contribution in [2.24, 2.45) is 0 Å². The quantitative estimate of drug-likeness (QED) is 0.669. The van der Waals surface area contributed by atoms with E-state index < -0.39 is 10.0 Å². The number of sulfonamides is 1. The highest BCUT2D eigenvalue weighted by Crippen LogP contribution is 2.36. The first-order valence-corrected chi connectivity index (χ1v) is 11.7. The Morgan fingerprint density at radius 3 is 2.45 bits per heavy atom. The molecule has 0 unspecified atom stereocenters. The molecule has 1 fully saturated rings. The van der Waals surface area contributed by atoms with E-state index in [9.17, 15) is 13.2 Å². The second-order valence-corrected chi connectivity index (χ2v) is 9.42. The van der Waals surface area contributed by atoms with E-state index in [2.05, 4.69) is 5.32 Å². The summed E-state index contributed by atoms with van der Waals surface area (Å²) in [5, 5.41) is 2.81. The van der Waals surface area contributed by atoms with Gasteiger partial charge in [0.1, 0.15) is 5.75 Å². The number of nitrogens with one attached hydrogen (secondary N) is 1. The SMILES string of the molecule is COc1cc2c(cc1CNC(=O)CN(C1CC1)S(=O)(=O)c1ccccc1)OCCCO2. The molecule has 1 aliphatic heterocycles. The summed E-state index contributed by atoms with van der Waals surface area (Å²) >= 11 is 0. The van der Waals surface area contributed by atoms with Crippen molar-refractivity contribution < 1.29 is 27.4 Å². The average molecular weight is 447 g/mol. The van der Waals surface area contributed by atoms with Crippen LogP contribution in [0.2, 0.25) is 0 Å². The fraction of sp³-hybridized carbons (Fsp3) is 0.409. The van der Waals surface area contributed by atoms with E-state index in [1.807, 2.05) is 0 Å². The number of carbonyl (C=O) groups excluding carboxylic acids is 1. The molecule has 0 atom stereocenters. The zero-order valence-electron chi connectivity index (χ0n) is 17.4. The van der Waals surface area contributed by atoms with Gasteiger partial charge in [-0.05, 0) is 31.0 Å². The molecule has 2 aromatic rings. The molecule has 1 N–H and O–H groups in total. The van der Waals surface area contributed by atoms with Crippen LogP contribution in [0, 0.1) is 0 Å². The van der Waals surface area contributed by atoms with Crippen molar-refractivity contribution in [2.75, 3.05) is 26.9 Å². The summed E-state index contributed by atoms with van der Waals surface area (Å²) in [4.78, 5) is 12.9. The van der Waals surface area contributed by atoms with Gasteiger partial charge in [-0.1, -0.05) is 18.2 Å². The predicted molar refractivity (Wildman–Crippen MR) is 114 cm³/mol. The van der Waals surface area contributed by atoms with Crippen molar-refractivity contribution in [1.82, 2.24) is 9.62 Å². The monoisotopic (exact) mass is 446 g/mol. The first-order chi connectivity index (χ1) is 15.0. The van der Waals surface area contributed by atoms with Crippen molar-refractivity contribution in [1.29, 1.82) is 0 Å². The van der Waals surface area contributed by atoms with Gasteiger partial charge in [0.2, 0.25) is 15.9 Å².